The molecule has 0 radical (unpaired) electrons. The lowest BCUT2D eigenvalue weighted by molar-refractivity contribution is 0.0952. The first-order chi connectivity index (χ1) is 10.6. The molecule has 24 heavy (non-hydrogen) atoms. The molecule has 0 aliphatic carbocycles. The van der Waals surface area contributed by atoms with Gasteiger partial charge in [-0.05, 0) is 36.9 Å². The molecule has 0 aliphatic rings. The van der Waals surface area contributed by atoms with Gasteiger partial charge in [-0.3, -0.25) is 4.79 Å². The zero-order valence-corrected chi connectivity index (χ0v) is 15.6. The van der Waals surface area contributed by atoms with Gasteiger partial charge in [0.1, 0.15) is 0 Å². The van der Waals surface area contributed by atoms with E-state index < -0.39 is 0 Å². The minimum Gasteiger partial charge on any atom is -0.398 e. The Morgan fingerprint density at radius 3 is 2.42 bits per heavy atom. The van der Waals surface area contributed by atoms with Gasteiger partial charge in [-0.2, -0.15) is 0 Å². The number of carbonyl (C=O) groups excluding carboxylic acids is 1. The van der Waals surface area contributed by atoms with Crippen molar-refractivity contribution in [3.05, 3.63) is 65.2 Å². The number of anilines is 1. The monoisotopic (exact) mass is 369 g/mol. The predicted molar refractivity (Wildman–Crippen MR) is 105 cm³/mol. The number of nitrogens with zero attached hydrogens (tertiary/aromatic N) is 1. The number of benzene rings is 2. The van der Waals surface area contributed by atoms with E-state index in [1.807, 2.05) is 24.3 Å². The van der Waals surface area contributed by atoms with E-state index in [4.69, 9.17) is 5.73 Å². The van der Waals surface area contributed by atoms with Crippen LogP contribution in [0, 0.1) is 0 Å². The Balaban J connectivity index is 0.00000264. The Morgan fingerprint density at radius 1 is 1.08 bits per heavy atom. The van der Waals surface area contributed by atoms with Gasteiger partial charge < -0.3 is 16.0 Å². The molecule has 2 aromatic carbocycles. The van der Waals surface area contributed by atoms with Crippen molar-refractivity contribution in [3.8, 4) is 0 Å². The highest BCUT2D eigenvalue weighted by atomic mass is 35.5. The average molecular weight is 370 g/mol. The van der Waals surface area contributed by atoms with E-state index >= 15 is 0 Å². The molecule has 0 aliphatic heterocycles. The molecule has 0 saturated heterocycles. The summed E-state index contributed by atoms with van der Waals surface area (Å²) in [5.74, 6) is -0.144. The second-order valence-corrected chi connectivity index (χ2v) is 5.42. The van der Waals surface area contributed by atoms with Crippen molar-refractivity contribution < 1.29 is 4.79 Å². The Bertz CT molecular complexity index is 650. The van der Waals surface area contributed by atoms with Crippen molar-refractivity contribution in [2.75, 3.05) is 19.3 Å². The van der Waals surface area contributed by atoms with E-state index in [-0.39, 0.29) is 30.7 Å². The summed E-state index contributed by atoms with van der Waals surface area (Å²) in [5, 5.41) is 2.92. The van der Waals surface area contributed by atoms with E-state index in [1.54, 1.807) is 12.1 Å². The van der Waals surface area contributed by atoms with E-state index in [2.05, 4.69) is 36.3 Å². The fourth-order valence-electron chi connectivity index (χ4n) is 2.24. The molecule has 132 valence electrons. The largest absolute Gasteiger partial charge is 0.398 e. The Morgan fingerprint density at radius 2 is 1.75 bits per heavy atom. The highest BCUT2D eigenvalue weighted by molar-refractivity contribution is 5.98. The number of nitrogens with one attached hydrogen (secondary N) is 1. The summed E-state index contributed by atoms with van der Waals surface area (Å²) in [6.07, 6.45) is 0. The fraction of sp³-hybridized carbons (Fsp3) is 0.278. The third-order valence-corrected chi connectivity index (χ3v) is 3.64. The first-order valence-corrected chi connectivity index (χ1v) is 7.49. The number of rotatable bonds is 6. The molecule has 2 aromatic rings. The number of halogens is 2. The number of nitrogens with two attached hydrogens (primary N) is 1. The molecule has 1 amide bonds. The normalized spacial score (nSPS) is 9.79. The Kier molecular flexibility index (Phi) is 10.1. The summed E-state index contributed by atoms with van der Waals surface area (Å²) >= 11 is 0. The number of nitrogen functional groups attached to an aromatic ring is 1. The minimum atomic E-state index is -0.144. The standard InChI is InChI=1S/C18H23N3O.2ClH/c1-3-21(2)13-15-8-6-7-14(11-15)12-20-18(22)16-9-4-5-10-17(16)19;;/h4-11H,3,12-13,19H2,1-2H3,(H,20,22);2*1H. The average Bonchev–Trinajstić information content (AvgIpc) is 2.53. The highest BCUT2D eigenvalue weighted by Crippen LogP contribution is 2.11. The maximum atomic E-state index is 12.1. The third-order valence-electron chi connectivity index (χ3n) is 3.64. The lowest BCUT2D eigenvalue weighted by Crippen LogP contribution is -2.24. The second kappa shape index (κ2) is 10.9. The maximum Gasteiger partial charge on any atom is 0.253 e. The van der Waals surface area contributed by atoms with Crippen molar-refractivity contribution in [2.24, 2.45) is 0 Å². The first kappa shape index (κ1) is 22.2. The van der Waals surface area contributed by atoms with Gasteiger partial charge in [0.25, 0.3) is 5.91 Å². The molecule has 0 spiro atoms. The molecule has 0 bridgehead atoms. The molecule has 3 N–H and O–H groups in total. The van der Waals surface area contributed by atoms with Crippen molar-refractivity contribution in [2.45, 2.75) is 20.0 Å². The van der Waals surface area contributed by atoms with Crippen molar-refractivity contribution in [3.63, 3.8) is 0 Å². The van der Waals surface area contributed by atoms with Gasteiger partial charge in [-0.25, -0.2) is 0 Å². The number of para-hydroxylation sites is 1. The lowest BCUT2D eigenvalue weighted by Gasteiger charge is -2.14. The maximum absolute atomic E-state index is 12.1. The third kappa shape index (κ3) is 6.40. The zero-order valence-electron chi connectivity index (χ0n) is 14.0. The second-order valence-electron chi connectivity index (χ2n) is 5.42. The highest BCUT2D eigenvalue weighted by Gasteiger charge is 2.08. The first-order valence-electron chi connectivity index (χ1n) is 7.49. The Hall–Kier alpha value is -1.75. The molecule has 0 aromatic heterocycles. The van der Waals surface area contributed by atoms with Crippen molar-refractivity contribution >= 4 is 36.4 Å². The van der Waals surface area contributed by atoms with Crippen LogP contribution < -0.4 is 11.1 Å². The van der Waals surface area contributed by atoms with Crippen LogP contribution in [0.3, 0.4) is 0 Å². The molecular weight excluding hydrogens is 345 g/mol. The molecular formula is C18H25Cl2N3O. The summed E-state index contributed by atoms with van der Waals surface area (Å²) in [5.41, 5.74) is 9.17. The van der Waals surface area contributed by atoms with Crippen LogP contribution in [0.4, 0.5) is 5.69 Å². The van der Waals surface area contributed by atoms with Gasteiger partial charge in [0.05, 0.1) is 5.56 Å². The van der Waals surface area contributed by atoms with Crippen LogP contribution in [-0.2, 0) is 13.1 Å². The quantitative estimate of drug-likeness (QED) is 0.766. The minimum absolute atomic E-state index is 0. The SMILES string of the molecule is CCN(C)Cc1cccc(CNC(=O)c2ccccc2N)c1.Cl.Cl. The number of carbonyl (C=O) groups is 1. The zero-order chi connectivity index (χ0) is 15.9. The lowest BCUT2D eigenvalue weighted by atomic mass is 10.1. The predicted octanol–water partition coefficient (Wildman–Crippen LogP) is 3.49. The van der Waals surface area contributed by atoms with Crippen LogP contribution >= 0.6 is 24.8 Å². The van der Waals surface area contributed by atoms with Crippen LogP contribution in [0.5, 0.6) is 0 Å². The molecule has 0 saturated carbocycles. The van der Waals surface area contributed by atoms with Crippen LogP contribution in [-0.4, -0.2) is 24.4 Å². The molecule has 0 fully saturated rings. The molecule has 4 nitrogen and oxygen atoms in total. The van der Waals surface area contributed by atoms with Gasteiger partial charge in [0.15, 0.2) is 0 Å². The van der Waals surface area contributed by atoms with Crippen LogP contribution in [0.25, 0.3) is 0 Å². The van der Waals surface area contributed by atoms with Gasteiger partial charge in [-0.15, -0.1) is 24.8 Å². The van der Waals surface area contributed by atoms with Crippen LogP contribution in [0.2, 0.25) is 0 Å². The van der Waals surface area contributed by atoms with E-state index in [9.17, 15) is 4.79 Å². The van der Waals surface area contributed by atoms with Crippen LogP contribution in [0.15, 0.2) is 48.5 Å². The number of hydrogen-bond acceptors (Lipinski definition) is 3. The molecule has 0 atom stereocenters. The van der Waals surface area contributed by atoms with Crippen molar-refractivity contribution in [1.82, 2.24) is 10.2 Å². The number of hydrogen-bond donors (Lipinski definition) is 2. The van der Waals surface area contributed by atoms with E-state index in [0.29, 0.717) is 17.8 Å². The number of amides is 1. The fourth-order valence-corrected chi connectivity index (χ4v) is 2.24. The Labute approximate surface area is 156 Å². The molecule has 2 rings (SSSR count). The summed E-state index contributed by atoms with van der Waals surface area (Å²) in [7, 11) is 2.09. The smallest absolute Gasteiger partial charge is 0.253 e. The summed E-state index contributed by atoms with van der Waals surface area (Å²) in [6.45, 7) is 4.54. The summed E-state index contributed by atoms with van der Waals surface area (Å²) < 4.78 is 0. The van der Waals surface area contributed by atoms with E-state index in [0.717, 1.165) is 18.7 Å². The topological polar surface area (TPSA) is 58.4 Å². The molecule has 0 heterocycles. The summed E-state index contributed by atoms with van der Waals surface area (Å²) in [4.78, 5) is 14.4. The summed E-state index contributed by atoms with van der Waals surface area (Å²) in [6, 6.07) is 15.4. The van der Waals surface area contributed by atoms with Gasteiger partial charge in [-0.1, -0.05) is 43.3 Å². The molecule has 6 heteroatoms. The van der Waals surface area contributed by atoms with Gasteiger partial charge >= 0.3 is 0 Å². The van der Waals surface area contributed by atoms with Gasteiger partial charge in [0, 0.05) is 18.8 Å². The molecule has 0 unspecified atom stereocenters. The van der Waals surface area contributed by atoms with Crippen LogP contribution in [0.1, 0.15) is 28.4 Å². The van der Waals surface area contributed by atoms with Gasteiger partial charge in [0.2, 0.25) is 0 Å². The van der Waals surface area contributed by atoms with E-state index in [1.165, 1.54) is 5.56 Å². The van der Waals surface area contributed by atoms with Crippen molar-refractivity contribution in [1.29, 1.82) is 0 Å².